The van der Waals surface area contributed by atoms with E-state index >= 15 is 0 Å². The third kappa shape index (κ3) is 4.16. The first-order valence-electron chi connectivity index (χ1n) is 8.23. The lowest BCUT2D eigenvalue weighted by Gasteiger charge is -2.09. The normalized spacial score (nSPS) is 11.0. The van der Waals surface area contributed by atoms with Gasteiger partial charge in [-0.15, -0.1) is 0 Å². The Hall–Kier alpha value is -2.86. The van der Waals surface area contributed by atoms with E-state index in [-0.39, 0.29) is 12.7 Å². The van der Waals surface area contributed by atoms with Crippen LogP contribution in [0, 0.1) is 0 Å². The molecule has 0 aliphatic rings. The second-order valence-electron chi connectivity index (χ2n) is 6.07. The number of anilines is 1. The number of hydrogen-bond acceptors (Lipinski definition) is 4. The van der Waals surface area contributed by atoms with Crippen molar-refractivity contribution in [2.45, 2.75) is 26.4 Å². The van der Waals surface area contributed by atoms with Gasteiger partial charge >= 0.3 is 6.09 Å². The van der Waals surface area contributed by atoms with Crippen molar-refractivity contribution < 1.29 is 14.6 Å². The number of nitrogens with zero attached hydrogens (tertiary/aromatic N) is 1. The Morgan fingerprint density at radius 1 is 1.28 bits per heavy atom. The smallest absolute Gasteiger partial charge is 0.411 e. The van der Waals surface area contributed by atoms with Crippen LogP contribution in [-0.2, 0) is 11.2 Å². The van der Waals surface area contributed by atoms with Crippen molar-refractivity contribution in [3.05, 3.63) is 48.0 Å². The van der Waals surface area contributed by atoms with Crippen LogP contribution in [0.25, 0.3) is 22.4 Å². The third-order valence-corrected chi connectivity index (χ3v) is 3.67. The average molecular weight is 339 g/mol. The molecule has 0 atom stereocenters. The van der Waals surface area contributed by atoms with Gasteiger partial charge < -0.3 is 14.8 Å². The molecule has 130 valence electrons. The number of aliphatic hydroxyl groups is 1. The van der Waals surface area contributed by atoms with Crippen LogP contribution in [0.2, 0.25) is 0 Å². The highest BCUT2D eigenvalue weighted by Gasteiger charge is 2.09. The lowest BCUT2D eigenvalue weighted by molar-refractivity contribution is 0.130. The molecule has 0 saturated carbocycles. The van der Waals surface area contributed by atoms with Crippen molar-refractivity contribution in [3.63, 3.8) is 0 Å². The first-order valence-corrected chi connectivity index (χ1v) is 8.23. The largest absolute Gasteiger partial charge is 0.447 e. The molecular weight excluding hydrogens is 318 g/mol. The summed E-state index contributed by atoms with van der Waals surface area (Å²) in [4.78, 5) is 19.6. The Kier molecular flexibility index (Phi) is 5.00. The molecule has 0 bridgehead atoms. The summed E-state index contributed by atoms with van der Waals surface area (Å²) in [5.74, 6) is 0.747. The van der Waals surface area contributed by atoms with Gasteiger partial charge in [0.25, 0.3) is 0 Å². The van der Waals surface area contributed by atoms with Crippen LogP contribution < -0.4 is 5.32 Å². The number of rotatable bonds is 5. The van der Waals surface area contributed by atoms with E-state index in [2.05, 4.69) is 15.3 Å². The molecule has 1 heterocycles. The number of hydrogen-bond donors (Lipinski definition) is 3. The molecule has 6 heteroatoms. The van der Waals surface area contributed by atoms with Gasteiger partial charge in [0.05, 0.1) is 17.1 Å². The second kappa shape index (κ2) is 7.36. The number of aliphatic hydroxyl groups excluding tert-OH is 1. The monoisotopic (exact) mass is 339 g/mol. The van der Waals surface area contributed by atoms with Crippen molar-refractivity contribution in [1.29, 1.82) is 0 Å². The number of aromatic amines is 1. The zero-order valence-corrected chi connectivity index (χ0v) is 14.2. The molecule has 0 fully saturated rings. The Morgan fingerprint density at radius 2 is 2.12 bits per heavy atom. The average Bonchev–Trinajstić information content (AvgIpc) is 2.98. The fourth-order valence-corrected chi connectivity index (χ4v) is 2.58. The highest BCUT2D eigenvalue weighted by atomic mass is 16.6. The zero-order valence-electron chi connectivity index (χ0n) is 14.2. The minimum Gasteiger partial charge on any atom is -0.447 e. The Bertz CT molecular complexity index is 887. The van der Waals surface area contributed by atoms with Crippen molar-refractivity contribution >= 4 is 22.8 Å². The van der Waals surface area contributed by atoms with Gasteiger partial charge in [0.15, 0.2) is 0 Å². The van der Waals surface area contributed by atoms with Crippen molar-refractivity contribution in [2.24, 2.45) is 0 Å². The summed E-state index contributed by atoms with van der Waals surface area (Å²) >= 11 is 0. The summed E-state index contributed by atoms with van der Waals surface area (Å²) in [6.07, 6.45) is -0.0474. The number of aromatic nitrogens is 2. The lowest BCUT2D eigenvalue weighted by Crippen LogP contribution is -2.17. The second-order valence-corrected chi connectivity index (χ2v) is 6.07. The van der Waals surface area contributed by atoms with Gasteiger partial charge in [0, 0.05) is 17.9 Å². The minimum absolute atomic E-state index is 0.116. The van der Waals surface area contributed by atoms with Crippen LogP contribution in [0.1, 0.15) is 19.4 Å². The van der Waals surface area contributed by atoms with E-state index in [1.165, 1.54) is 0 Å². The molecule has 3 aromatic rings. The predicted molar refractivity (Wildman–Crippen MR) is 97.6 cm³/mol. The standard InChI is InChI=1S/C19H21N3O3/c1-12(2)25-19(24)20-15-6-7-16-17(11-15)22-18(21-16)14-5-3-4-13(10-14)8-9-23/h3-7,10-12,23H,8-9H2,1-2H3,(H,20,24)(H,21,22). The molecule has 2 aromatic carbocycles. The number of ether oxygens (including phenoxy) is 1. The van der Waals surface area contributed by atoms with Crippen LogP contribution in [-0.4, -0.2) is 33.9 Å². The van der Waals surface area contributed by atoms with Crippen LogP contribution in [0.5, 0.6) is 0 Å². The van der Waals surface area contributed by atoms with E-state index in [9.17, 15) is 4.79 Å². The van der Waals surface area contributed by atoms with E-state index in [0.29, 0.717) is 12.1 Å². The minimum atomic E-state index is -0.484. The molecule has 6 nitrogen and oxygen atoms in total. The number of amides is 1. The molecule has 3 rings (SSSR count). The summed E-state index contributed by atoms with van der Waals surface area (Å²) in [5, 5.41) is 11.8. The van der Waals surface area contributed by atoms with Gasteiger partial charge in [-0.3, -0.25) is 5.32 Å². The number of fused-ring (bicyclic) bond motifs is 1. The molecule has 3 N–H and O–H groups in total. The van der Waals surface area contributed by atoms with Crippen LogP contribution >= 0.6 is 0 Å². The highest BCUT2D eigenvalue weighted by molar-refractivity contribution is 5.89. The molecule has 25 heavy (non-hydrogen) atoms. The number of carbonyl (C=O) groups is 1. The van der Waals surface area contributed by atoms with Crippen LogP contribution in [0.15, 0.2) is 42.5 Å². The van der Waals surface area contributed by atoms with Gasteiger partial charge in [-0.1, -0.05) is 18.2 Å². The Labute approximate surface area is 145 Å². The van der Waals surface area contributed by atoms with Gasteiger partial charge in [-0.05, 0) is 50.1 Å². The maximum atomic E-state index is 11.7. The van der Waals surface area contributed by atoms with E-state index in [0.717, 1.165) is 28.0 Å². The molecule has 0 radical (unpaired) electrons. The SMILES string of the molecule is CC(C)OC(=O)Nc1ccc2[nH]c(-c3cccc(CCO)c3)nc2c1. The molecule has 1 amide bonds. The summed E-state index contributed by atoms with van der Waals surface area (Å²) < 4.78 is 5.08. The highest BCUT2D eigenvalue weighted by Crippen LogP contribution is 2.24. The predicted octanol–water partition coefficient (Wildman–Crippen LogP) is 3.72. The number of carbonyl (C=O) groups excluding carboxylic acids is 1. The fourth-order valence-electron chi connectivity index (χ4n) is 2.58. The van der Waals surface area contributed by atoms with Crippen molar-refractivity contribution in [1.82, 2.24) is 9.97 Å². The van der Waals surface area contributed by atoms with E-state index in [1.54, 1.807) is 26.0 Å². The first kappa shape index (κ1) is 17.0. The maximum absolute atomic E-state index is 11.7. The van der Waals surface area contributed by atoms with Gasteiger partial charge in [0.2, 0.25) is 0 Å². The van der Waals surface area contributed by atoms with Crippen molar-refractivity contribution in [2.75, 3.05) is 11.9 Å². The van der Waals surface area contributed by atoms with Gasteiger partial charge in [0.1, 0.15) is 5.82 Å². The molecule has 0 spiro atoms. The number of nitrogens with one attached hydrogen (secondary N) is 2. The molecule has 0 saturated heterocycles. The topological polar surface area (TPSA) is 87.2 Å². The number of H-pyrrole nitrogens is 1. The van der Waals surface area contributed by atoms with E-state index < -0.39 is 6.09 Å². The quantitative estimate of drug-likeness (QED) is 0.661. The molecule has 0 unspecified atom stereocenters. The fraction of sp³-hybridized carbons (Fsp3) is 0.263. The van der Waals surface area contributed by atoms with Crippen LogP contribution in [0.3, 0.4) is 0 Å². The van der Waals surface area contributed by atoms with E-state index in [4.69, 9.17) is 9.84 Å². The number of benzene rings is 2. The summed E-state index contributed by atoms with van der Waals surface area (Å²) in [7, 11) is 0. The Balaban J connectivity index is 1.85. The number of imidazole rings is 1. The lowest BCUT2D eigenvalue weighted by atomic mass is 10.1. The third-order valence-electron chi connectivity index (χ3n) is 3.67. The molecule has 0 aliphatic heterocycles. The van der Waals surface area contributed by atoms with Gasteiger partial charge in [-0.25, -0.2) is 9.78 Å². The van der Waals surface area contributed by atoms with Crippen LogP contribution in [0.4, 0.5) is 10.5 Å². The van der Waals surface area contributed by atoms with E-state index in [1.807, 2.05) is 30.3 Å². The molecular formula is C19H21N3O3. The van der Waals surface area contributed by atoms with Gasteiger partial charge in [-0.2, -0.15) is 0 Å². The summed E-state index contributed by atoms with van der Waals surface area (Å²) in [6.45, 7) is 3.71. The summed E-state index contributed by atoms with van der Waals surface area (Å²) in [5.41, 5.74) is 4.27. The maximum Gasteiger partial charge on any atom is 0.411 e. The zero-order chi connectivity index (χ0) is 17.8. The summed E-state index contributed by atoms with van der Waals surface area (Å²) in [6, 6.07) is 13.4. The molecule has 1 aromatic heterocycles. The molecule has 0 aliphatic carbocycles. The first-order chi connectivity index (χ1) is 12.0. The Morgan fingerprint density at radius 3 is 2.88 bits per heavy atom. The van der Waals surface area contributed by atoms with Crippen molar-refractivity contribution in [3.8, 4) is 11.4 Å².